The normalized spacial score (nSPS) is 17.6. The smallest absolute Gasteiger partial charge is 0.301 e. The average molecular weight is 291 g/mol. The first kappa shape index (κ1) is 13.5. The Kier molecular flexibility index (Phi) is 3.99. The number of nitrogens with zero attached hydrogens (tertiary/aromatic N) is 1. The van der Waals surface area contributed by atoms with Crippen LogP contribution in [0.4, 0.5) is 5.69 Å². The maximum absolute atomic E-state index is 12.1. The summed E-state index contributed by atoms with van der Waals surface area (Å²) < 4.78 is 28.0. The SMILES string of the molecule is O=S(=O)(Nc1ccc(O)cc1Cl)N1CCCCC1. The third kappa shape index (κ3) is 3.07. The summed E-state index contributed by atoms with van der Waals surface area (Å²) in [6.07, 6.45) is 2.82. The molecule has 1 heterocycles. The molecule has 18 heavy (non-hydrogen) atoms. The van der Waals surface area contributed by atoms with Gasteiger partial charge in [0.05, 0.1) is 10.7 Å². The first-order valence-corrected chi connectivity index (χ1v) is 7.57. The number of nitrogens with one attached hydrogen (secondary N) is 1. The van der Waals surface area contributed by atoms with Crippen molar-refractivity contribution in [3.05, 3.63) is 23.2 Å². The molecule has 100 valence electrons. The van der Waals surface area contributed by atoms with Crippen molar-refractivity contribution in [2.75, 3.05) is 17.8 Å². The number of aromatic hydroxyl groups is 1. The summed E-state index contributed by atoms with van der Waals surface area (Å²) in [5, 5.41) is 9.39. The van der Waals surface area contributed by atoms with Gasteiger partial charge in [-0.05, 0) is 25.0 Å². The second-order valence-electron chi connectivity index (χ2n) is 4.23. The molecule has 0 saturated carbocycles. The number of piperidine rings is 1. The lowest BCUT2D eigenvalue weighted by Gasteiger charge is -2.26. The van der Waals surface area contributed by atoms with Gasteiger partial charge in [0, 0.05) is 19.2 Å². The van der Waals surface area contributed by atoms with Gasteiger partial charge in [-0.1, -0.05) is 18.0 Å². The van der Waals surface area contributed by atoms with Crippen molar-refractivity contribution >= 4 is 27.5 Å². The van der Waals surface area contributed by atoms with Crippen molar-refractivity contribution in [3.8, 4) is 5.75 Å². The van der Waals surface area contributed by atoms with Crippen molar-refractivity contribution in [1.82, 2.24) is 4.31 Å². The standard InChI is InChI=1S/C11H15ClN2O3S/c12-10-8-9(15)4-5-11(10)13-18(16,17)14-6-2-1-3-7-14/h4-5,8,13,15H,1-3,6-7H2. The summed E-state index contributed by atoms with van der Waals surface area (Å²) in [4.78, 5) is 0. The lowest BCUT2D eigenvalue weighted by Crippen LogP contribution is -2.39. The maximum atomic E-state index is 12.1. The van der Waals surface area contributed by atoms with E-state index in [-0.39, 0.29) is 16.5 Å². The number of hydrogen-bond acceptors (Lipinski definition) is 3. The number of hydrogen-bond donors (Lipinski definition) is 2. The van der Waals surface area contributed by atoms with E-state index in [2.05, 4.69) is 4.72 Å². The molecule has 1 saturated heterocycles. The van der Waals surface area contributed by atoms with Crippen LogP contribution in [0, 0.1) is 0 Å². The fourth-order valence-corrected chi connectivity index (χ4v) is 3.50. The second-order valence-corrected chi connectivity index (χ2v) is 6.31. The van der Waals surface area contributed by atoms with Crippen LogP contribution in [-0.4, -0.2) is 30.9 Å². The predicted octanol–water partition coefficient (Wildman–Crippen LogP) is 2.19. The zero-order valence-corrected chi connectivity index (χ0v) is 11.3. The van der Waals surface area contributed by atoms with E-state index in [9.17, 15) is 13.5 Å². The van der Waals surface area contributed by atoms with E-state index in [1.54, 1.807) is 0 Å². The molecule has 2 rings (SSSR count). The number of anilines is 1. The lowest BCUT2D eigenvalue weighted by molar-refractivity contribution is 0.349. The molecular weight excluding hydrogens is 276 g/mol. The van der Waals surface area contributed by atoms with Crippen molar-refractivity contribution < 1.29 is 13.5 Å². The molecule has 0 aromatic heterocycles. The van der Waals surface area contributed by atoms with E-state index in [1.807, 2.05) is 0 Å². The van der Waals surface area contributed by atoms with Crippen LogP contribution in [0.2, 0.25) is 5.02 Å². The lowest BCUT2D eigenvalue weighted by atomic mass is 10.2. The zero-order chi connectivity index (χ0) is 13.2. The van der Waals surface area contributed by atoms with Crippen LogP contribution in [0.3, 0.4) is 0 Å². The van der Waals surface area contributed by atoms with Gasteiger partial charge in [-0.3, -0.25) is 4.72 Å². The summed E-state index contributed by atoms with van der Waals surface area (Å²) in [6.45, 7) is 1.07. The molecule has 5 nitrogen and oxygen atoms in total. The third-order valence-electron chi connectivity index (χ3n) is 2.85. The molecule has 1 fully saturated rings. The summed E-state index contributed by atoms with van der Waals surface area (Å²) in [7, 11) is -3.55. The van der Waals surface area contributed by atoms with Gasteiger partial charge in [-0.15, -0.1) is 0 Å². The number of phenolic OH excluding ortho intramolecular Hbond substituents is 1. The average Bonchev–Trinajstić information content (AvgIpc) is 2.34. The Bertz CT molecular complexity index is 527. The molecule has 0 unspecified atom stereocenters. The van der Waals surface area contributed by atoms with E-state index in [4.69, 9.17) is 11.6 Å². The largest absolute Gasteiger partial charge is 0.508 e. The summed E-state index contributed by atoms with van der Waals surface area (Å²) >= 11 is 5.87. The first-order valence-electron chi connectivity index (χ1n) is 5.75. The van der Waals surface area contributed by atoms with Gasteiger partial charge in [0.2, 0.25) is 0 Å². The van der Waals surface area contributed by atoms with Crippen LogP contribution in [0.25, 0.3) is 0 Å². The van der Waals surface area contributed by atoms with Crippen LogP contribution >= 0.6 is 11.6 Å². The Morgan fingerprint density at radius 1 is 1.22 bits per heavy atom. The topological polar surface area (TPSA) is 69.6 Å². The van der Waals surface area contributed by atoms with E-state index in [1.165, 1.54) is 22.5 Å². The molecule has 0 atom stereocenters. The minimum atomic E-state index is -3.55. The Morgan fingerprint density at radius 2 is 1.89 bits per heavy atom. The Morgan fingerprint density at radius 3 is 2.50 bits per heavy atom. The third-order valence-corrected chi connectivity index (χ3v) is 4.68. The molecule has 0 radical (unpaired) electrons. The first-order chi connectivity index (χ1) is 8.49. The highest BCUT2D eigenvalue weighted by Crippen LogP contribution is 2.27. The van der Waals surface area contributed by atoms with Gasteiger partial charge in [0.1, 0.15) is 5.75 Å². The van der Waals surface area contributed by atoms with Crippen molar-refractivity contribution in [2.24, 2.45) is 0 Å². The molecule has 1 aromatic carbocycles. The minimum Gasteiger partial charge on any atom is -0.508 e. The molecule has 0 aliphatic carbocycles. The quantitative estimate of drug-likeness (QED) is 0.839. The van der Waals surface area contributed by atoms with Gasteiger partial charge in [0.15, 0.2) is 0 Å². The highest BCUT2D eigenvalue weighted by atomic mass is 35.5. The van der Waals surface area contributed by atoms with Gasteiger partial charge in [0.25, 0.3) is 0 Å². The Labute approximate surface area is 112 Å². The molecule has 1 aromatic rings. The molecule has 7 heteroatoms. The van der Waals surface area contributed by atoms with Crippen LogP contribution in [0.15, 0.2) is 18.2 Å². The van der Waals surface area contributed by atoms with Crippen LogP contribution in [-0.2, 0) is 10.2 Å². The van der Waals surface area contributed by atoms with Gasteiger partial charge >= 0.3 is 10.2 Å². The highest BCUT2D eigenvalue weighted by molar-refractivity contribution is 7.90. The van der Waals surface area contributed by atoms with Crippen molar-refractivity contribution in [2.45, 2.75) is 19.3 Å². The molecule has 0 spiro atoms. The number of benzene rings is 1. The second kappa shape index (κ2) is 5.34. The highest BCUT2D eigenvalue weighted by Gasteiger charge is 2.24. The van der Waals surface area contributed by atoms with Crippen LogP contribution in [0.5, 0.6) is 5.75 Å². The van der Waals surface area contributed by atoms with E-state index < -0.39 is 10.2 Å². The molecule has 1 aliphatic rings. The van der Waals surface area contributed by atoms with Crippen LogP contribution < -0.4 is 4.72 Å². The Hall–Kier alpha value is -0.980. The predicted molar refractivity (Wildman–Crippen MR) is 71.1 cm³/mol. The van der Waals surface area contributed by atoms with Gasteiger partial charge < -0.3 is 5.11 Å². The molecular formula is C11H15ClN2O3S. The van der Waals surface area contributed by atoms with Crippen LogP contribution in [0.1, 0.15) is 19.3 Å². The fraction of sp³-hybridized carbons (Fsp3) is 0.455. The Balaban J connectivity index is 2.16. The minimum absolute atomic E-state index is 0.000852. The monoisotopic (exact) mass is 290 g/mol. The van der Waals surface area contributed by atoms with Gasteiger partial charge in [-0.25, -0.2) is 0 Å². The fourth-order valence-electron chi connectivity index (χ4n) is 1.90. The van der Waals surface area contributed by atoms with Crippen molar-refractivity contribution in [3.63, 3.8) is 0 Å². The summed E-state index contributed by atoms with van der Waals surface area (Å²) in [5.41, 5.74) is 0.278. The molecule has 2 N–H and O–H groups in total. The zero-order valence-electron chi connectivity index (χ0n) is 9.76. The summed E-state index contributed by atoms with van der Waals surface area (Å²) in [5.74, 6) is 0.000852. The van der Waals surface area contributed by atoms with Crippen molar-refractivity contribution in [1.29, 1.82) is 0 Å². The van der Waals surface area contributed by atoms with Gasteiger partial charge in [-0.2, -0.15) is 12.7 Å². The van der Waals surface area contributed by atoms with E-state index in [0.29, 0.717) is 13.1 Å². The molecule has 1 aliphatic heterocycles. The molecule has 0 bridgehead atoms. The number of rotatable bonds is 3. The number of halogens is 1. The van der Waals surface area contributed by atoms with E-state index >= 15 is 0 Å². The van der Waals surface area contributed by atoms with E-state index in [0.717, 1.165) is 19.3 Å². The number of phenols is 1. The molecule has 0 amide bonds. The summed E-state index contributed by atoms with van der Waals surface area (Å²) in [6, 6.07) is 4.13. The maximum Gasteiger partial charge on any atom is 0.301 e.